The maximum Gasteiger partial charge on any atom is 0.271 e. The number of likely N-dealkylation sites (N-methyl/N-ethyl adjacent to an activating group) is 1. The number of benzene rings is 1. The third kappa shape index (κ3) is 7.78. The molecule has 1 heterocycles. The van der Waals surface area contributed by atoms with Crippen molar-refractivity contribution in [2.45, 2.75) is 6.92 Å². The molecule has 8 nitrogen and oxygen atoms in total. The second kappa shape index (κ2) is 10.8. The first-order valence-electron chi connectivity index (χ1n) is 8.70. The summed E-state index contributed by atoms with van der Waals surface area (Å²) >= 11 is 2.20. The maximum absolute atomic E-state index is 12.3. The van der Waals surface area contributed by atoms with Crippen molar-refractivity contribution < 1.29 is 17.4 Å². The Bertz CT molecular complexity index is 950. The molecule has 28 heavy (non-hydrogen) atoms. The standard InChI is InChI=1S/C18H23IN4O4S/c1-3-23(9-4-5-11-27-28(2,25)26)10-8-20-18(24)17-13-21-16-12-14(19)6-7-15(16)22-17/h4-7,12-13H,3,8-11H2,1-2H3,(H,20,24)/b5-4+. The fourth-order valence-electron chi connectivity index (χ4n) is 2.34. The van der Waals surface area contributed by atoms with Crippen molar-refractivity contribution in [3.63, 3.8) is 0 Å². The lowest BCUT2D eigenvalue weighted by Crippen LogP contribution is -2.35. The minimum Gasteiger partial charge on any atom is -0.349 e. The number of hydrogen-bond donors (Lipinski definition) is 1. The van der Waals surface area contributed by atoms with Crippen molar-refractivity contribution in [2.24, 2.45) is 0 Å². The Morgan fingerprint density at radius 2 is 2.11 bits per heavy atom. The van der Waals surface area contributed by atoms with Crippen LogP contribution < -0.4 is 5.32 Å². The van der Waals surface area contributed by atoms with Crippen LogP contribution in [0.4, 0.5) is 0 Å². The molecule has 0 aliphatic rings. The number of nitrogens with one attached hydrogen (secondary N) is 1. The fraction of sp³-hybridized carbons (Fsp3) is 0.389. The van der Waals surface area contributed by atoms with E-state index >= 15 is 0 Å². The van der Waals surface area contributed by atoms with E-state index in [2.05, 4.69) is 47.0 Å². The van der Waals surface area contributed by atoms with Crippen molar-refractivity contribution in [3.05, 3.63) is 45.8 Å². The third-order valence-electron chi connectivity index (χ3n) is 3.81. The summed E-state index contributed by atoms with van der Waals surface area (Å²) in [5.41, 5.74) is 1.73. The zero-order chi connectivity index (χ0) is 20.6. The van der Waals surface area contributed by atoms with Gasteiger partial charge in [-0.3, -0.25) is 18.9 Å². The van der Waals surface area contributed by atoms with E-state index < -0.39 is 10.1 Å². The summed E-state index contributed by atoms with van der Waals surface area (Å²) in [5, 5.41) is 2.85. The summed E-state index contributed by atoms with van der Waals surface area (Å²) in [4.78, 5) is 23.1. The van der Waals surface area contributed by atoms with Gasteiger partial charge in [0.25, 0.3) is 16.0 Å². The highest BCUT2D eigenvalue weighted by molar-refractivity contribution is 14.1. The van der Waals surface area contributed by atoms with E-state index in [1.807, 2.05) is 31.2 Å². The molecule has 0 aliphatic heterocycles. The van der Waals surface area contributed by atoms with Gasteiger partial charge in [-0.15, -0.1) is 0 Å². The first-order valence-corrected chi connectivity index (χ1v) is 11.6. The van der Waals surface area contributed by atoms with Gasteiger partial charge in [-0.05, 0) is 47.3 Å². The number of amides is 1. The lowest BCUT2D eigenvalue weighted by Gasteiger charge is -2.18. The number of fused-ring (bicyclic) bond motifs is 1. The molecular formula is C18H23IN4O4S. The Labute approximate surface area is 178 Å². The van der Waals surface area contributed by atoms with Crippen LogP contribution in [0, 0.1) is 3.57 Å². The highest BCUT2D eigenvalue weighted by Crippen LogP contribution is 2.13. The summed E-state index contributed by atoms with van der Waals surface area (Å²) in [6.07, 6.45) is 6.00. The smallest absolute Gasteiger partial charge is 0.271 e. The molecule has 0 saturated carbocycles. The summed E-state index contributed by atoms with van der Waals surface area (Å²) in [6.45, 7) is 4.58. The Morgan fingerprint density at radius 1 is 1.32 bits per heavy atom. The van der Waals surface area contributed by atoms with Crippen LogP contribution in [0.25, 0.3) is 11.0 Å². The highest BCUT2D eigenvalue weighted by atomic mass is 127. The van der Waals surface area contributed by atoms with Crippen LogP contribution in [0.1, 0.15) is 17.4 Å². The zero-order valence-electron chi connectivity index (χ0n) is 15.8. The van der Waals surface area contributed by atoms with E-state index in [0.717, 1.165) is 21.9 Å². The first kappa shape index (κ1) is 22.7. The van der Waals surface area contributed by atoms with E-state index in [0.29, 0.717) is 25.2 Å². The molecule has 0 aliphatic carbocycles. The number of carbonyl (C=O) groups excluding carboxylic acids is 1. The summed E-state index contributed by atoms with van der Waals surface area (Å²) in [7, 11) is -3.42. The van der Waals surface area contributed by atoms with Gasteiger partial charge in [-0.1, -0.05) is 19.1 Å². The molecule has 1 N–H and O–H groups in total. The monoisotopic (exact) mass is 518 g/mol. The topological polar surface area (TPSA) is 101 Å². The van der Waals surface area contributed by atoms with E-state index in [1.54, 1.807) is 6.08 Å². The highest BCUT2D eigenvalue weighted by Gasteiger charge is 2.09. The number of hydrogen-bond acceptors (Lipinski definition) is 7. The third-order valence-corrected chi connectivity index (χ3v) is 5.04. The van der Waals surface area contributed by atoms with Gasteiger partial charge in [0, 0.05) is 23.2 Å². The van der Waals surface area contributed by atoms with Gasteiger partial charge in [0.15, 0.2) is 0 Å². The molecule has 152 valence electrons. The summed E-state index contributed by atoms with van der Waals surface area (Å²) in [5.74, 6) is -0.263. The van der Waals surface area contributed by atoms with Crippen LogP contribution in [0.2, 0.25) is 0 Å². The van der Waals surface area contributed by atoms with Crippen molar-refractivity contribution >= 4 is 49.6 Å². The van der Waals surface area contributed by atoms with Crippen LogP contribution >= 0.6 is 22.6 Å². The average molecular weight is 518 g/mol. The quantitative estimate of drug-likeness (QED) is 0.291. The van der Waals surface area contributed by atoms with E-state index in [9.17, 15) is 13.2 Å². The molecule has 2 rings (SSSR count). The van der Waals surface area contributed by atoms with Crippen LogP contribution in [-0.4, -0.2) is 68.2 Å². The Balaban J connectivity index is 1.80. The van der Waals surface area contributed by atoms with Crippen LogP contribution in [-0.2, 0) is 14.3 Å². The van der Waals surface area contributed by atoms with Gasteiger partial charge in [0.05, 0.1) is 30.1 Å². The molecule has 0 radical (unpaired) electrons. The van der Waals surface area contributed by atoms with Gasteiger partial charge in [0.2, 0.25) is 0 Å². The molecule has 10 heteroatoms. The fourth-order valence-corrected chi connectivity index (χ4v) is 3.14. The molecule has 0 spiro atoms. The minimum atomic E-state index is -3.42. The SMILES string of the molecule is CCN(C/C=C/COS(C)(=O)=O)CCNC(=O)c1cnc2cc(I)ccc2n1. The van der Waals surface area contributed by atoms with Crippen molar-refractivity contribution in [3.8, 4) is 0 Å². The van der Waals surface area contributed by atoms with E-state index in [4.69, 9.17) is 0 Å². The van der Waals surface area contributed by atoms with Gasteiger partial charge in [-0.25, -0.2) is 4.98 Å². The number of nitrogens with zero attached hydrogens (tertiary/aromatic N) is 3. The van der Waals surface area contributed by atoms with Crippen LogP contribution in [0.3, 0.4) is 0 Å². The molecule has 1 amide bonds. The second-order valence-corrected chi connectivity index (χ2v) is 8.89. The lowest BCUT2D eigenvalue weighted by atomic mass is 10.3. The van der Waals surface area contributed by atoms with Crippen molar-refractivity contribution in [2.75, 3.05) is 39.0 Å². The van der Waals surface area contributed by atoms with Gasteiger partial charge in [-0.2, -0.15) is 8.42 Å². The number of rotatable bonds is 10. The number of carbonyl (C=O) groups is 1. The molecule has 0 unspecified atom stereocenters. The molecule has 1 aromatic heterocycles. The van der Waals surface area contributed by atoms with Gasteiger partial charge in [0.1, 0.15) is 5.69 Å². The Hall–Kier alpha value is -1.63. The van der Waals surface area contributed by atoms with Crippen molar-refractivity contribution in [1.82, 2.24) is 20.2 Å². The van der Waals surface area contributed by atoms with Crippen molar-refractivity contribution in [1.29, 1.82) is 0 Å². The Morgan fingerprint density at radius 3 is 2.82 bits per heavy atom. The predicted molar refractivity (Wildman–Crippen MR) is 117 cm³/mol. The Kier molecular flexibility index (Phi) is 8.73. The van der Waals surface area contributed by atoms with Gasteiger partial charge < -0.3 is 5.32 Å². The zero-order valence-corrected chi connectivity index (χ0v) is 18.7. The normalized spacial score (nSPS) is 12.1. The number of aromatic nitrogens is 2. The lowest BCUT2D eigenvalue weighted by molar-refractivity contribution is 0.0944. The van der Waals surface area contributed by atoms with Crippen LogP contribution in [0.5, 0.6) is 0 Å². The number of halogens is 1. The summed E-state index contributed by atoms with van der Waals surface area (Å²) in [6, 6.07) is 5.69. The molecule has 0 saturated heterocycles. The maximum atomic E-state index is 12.3. The molecule has 0 atom stereocenters. The van der Waals surface area contributed by atoms with E-state index in [1.165, 1.54) is 6.20 Å². The van der Waals surface area contributed by atoms with E-state index in [-0.39, 0.29) is 18.2 Å². The predicted octanol–water partition coefficient (Wildman–Crippen LogP) is 1.82. The van der Waals surface area contributed by atoms with Crippen LogP contribution in [0.15, 0.2) is 36.5 Å². The molecule has 1 aromatic carbocycles. The first-order chi connectivity index (χ1) is 13.3. The summed E-state index contributed by atoms with van der Waals surface area (Å²) < 4.78 is 27.5. The molecule has 2 aromatic rings. The molecular weight excluding hydrogens is 495 g/mol. The average Bonchev–Trinajstić information content (AvgIpc) is 2.64. The molecule has 0 fully saturated rings. The minimum absolute atomic E-state index is 0.0206. The molecule has 0 bridgehead atoms. The van der Waals surface area contributed by atoms with Gasteiger partial charge >= 0.3 is 0 Å². The largest absolute Gasteiger partial charge is 0.349 e. The second-order valence-electron chi connectivity index (χ2n) is 6.00.